The third-order valence-electron chi connectivity index (χ3n) is 13.6. The lowest BCUT2D eigenvalue weighted by atomic mass is 10.0. The fraction of sp³-hybridized carbons (Fsp3) is 0.905. The van der Waals surface area contributed by atoms with Crippen molar-refractivity contribution in [1.82, 2.24) is 10.6 Å². The lowest BCUT2D eigenvalue weighted by Gasteiger charge is -2.25. The van der Waals surface area contributed by atoms with Crippen molar-refractivity contribution in [3.63, 3.8) is 0 Å². The SMILES string of the molecule is CCCCCCCCCCCCCCCC(=O)OC[C@H](CSC[C@H](N)C(=O)NCCCCCCCCCCCC(=O)N[C@@H](CCC(=O)OC(C)(C)C)C(=O)OC(C)(C)C)OC(=O)CCCCCCCCCCCCCCC. The molecule has 0 spiro atoms. The van der Waals surface area contributed by atoms with Gasteiger partial charge in [-0.25, -0.2) is 4.79 Å². The second-order valence-corrected chi connectivity index (χ2v) is 25.0. The number of hydrogen-bond donors (Lipinski definition) is 3. The standard InChI is InChI=1S/C63H119N3O10S/c1-9-11-13-15-17-19-21-23-25-29-33-37-41-45-57(68)73-50-53(74-58(69)46-42-38-34-30-26-24-22-20-18-16-14-12-10-2)51-77-52-54(64)60(71)65-49-43-39-35-31-27-28-32-36-40-44-56(67)66-55(61(72)76-63(6,7)8)47-48-59(70)75-62(3,4)5/h53-55H,9-52,64H2,1-8H3,(H,65,71)(H,66,67)/t53-,54+,55+/m1/s1. The minimum absolute atomic E-state index is 0.00580. The lowest BCUT2D eigenvalue weighted by molar-refractivity contribution is -0.160. The molecule has 0 aromatic rings. The maximum Gasteiger partial charge on any atom is 0.329 e. The summed E-state index contributed by atoms with van der Waals surface area (Å²) in [6.45, 7) is 15.7. The van der Waals surface area contributed by atoms with Crippen LogP contribution in [0.25, 0.3) is 0 Å². The molecule has 0 heterocycles. The van der Waals surface area contributed by atoms with Crippen LogP contribution in [0.1, 0.15) is 312 Å². The molecule has 4 N–H and O–H groups in total. The Balaban J connectivity index is 4.54. The summed E-state index contributed by atoms with van der Waals surface area (Å²) in [6.07, 6.45) is 41.6. The van der Waals surface area contributed by atoms with Crippen LogP contribution in [0, 0.1) is 0 Å². The lowest BCUT2D eigenvalue weighted by Crippen LogP contribution is -2.44. The molecule has 0 radical (unpaired) electrons. The van der Waals surface area contributed by atoms with Gasteiger partial charge in [0.1, 0.15) is 30.0 Å². The molecule has 0 saturated carbocycles. The summed E-state index contributed by atoms with van der Waals surface area (Å²) in [6, 6.07) is -1.62. The fourth-order valence-electron chi connectivity index (χ4n) is 9.13. The van der Waals surface area contributed by atoms with Crippen LogP contribution in [0.15, 0.2) is 0 Å². The number of rotatable bonds is 53. The van der Waals surface area contributed by atoms with Crippen LogP contribution in [0.3, 0.4) is 0 Å². The molecule has 3 atom stereocenters. The van der Waals surface area contributed by atoms with E-state index in [4.69, 9.17) is 24.7 Å². The number of nitrogens with one attached hydrogen (secondary N) is 2. The number of unbranched alkanes of at least 4 members (excludes halogenated alkanes) is 32. The zero-order chi connectivity index (χ0) is 57.3. The Morgan fingerprint density at radius 3 is 1.27 bits per heavy atom. The van der Waals surface area contributed by atoms with Crippen LogP contribution in [0.4, 0.5) is 0 Å². The predicted molar refractivity (Wildman–Crippen MR) is 319 cm³/mol. The van der Waals surface area contributed by atoms with Crippen LogP contribution in [-0.2, 0) is 47.7 Å². The van der Waals surface area contributed by atoms with Crippen LogP contribution >= 0.6 is 11.8 Å². The fourth-order valence-corrected chi connectivity index (χ4v) is 10.1. The number of nitrogens with two attached hydrogens (primary N) is 1. The number of carbonyl (C=O) groups excluding carboxylic acids is 6. The van der Waals surface area contributed by atoms with Crippen molar-refractivity contribution in [1.29, 1.82) is 0 Å². The molecule has 0 unspecified atom stereocenters. The summed E-state index contributed by atoms with van der Waals surface area (Å²) in [5.41, 5.74) is 4.93. The van der Waals surface area contributed by atoms with E-state index in [2.05, 4.69) is 24.5 Å². The second kappa shape index (κ2) is 50.1. The van der Waals surface area contributed by atoms with E-state index in [0.717, 1.165) is 89.9 Å². The number of thioether (sulfide) groups is 1. The molecular weight excluding hydrogens is 991 g/mol. The largest absolute Gasteiger partial charge is 0.462 e. The van der Waals surface area contributed by atoms with E-state index in [0.29, 0.717) is 43.7 Å². The highest BCUT2D eigenvalue weighted by atomic mass is 32.2. The van der Waals surface area contributed by atoms with Gasteiger partial charge in [0.05, 0.1) is 6.04 Å². The number of amides is 2. The first-order valence-corrected chi connectivity index (χ1v) is 32.7. The minimum Gasteiger partial charge on any atom is -0.462 e. The molecule has 0 rings (SSSR count). The average Bonchev–Trinajstić information content (AvgIpc) is 3.36. The van der Waals surface area contributed by atoms with Gasteiger partial charge in [-0.1, -0.05) is 213 Å². The first kappa shape index (κ1) is 74.1. The van der Waals surface area contributed by atoms with Gasteiger partial charge in [0.2, 0.25) is 11.8 Å². The van der Waals surface area contributed by atoms with Gasteiger partial charge in [0, 0.05) is 43.7 Å². The molecule has 0 aliphatic carbocycles. The Morgan fingerprint density at radius 1 is 0.455 bits per heavy atom. The molecule has 0 saturated heterocycles. The molecular formula is C63H119N3O10S. The van der Waals surface area contributed by atoms with Crippen molar-refractivity contribution < 1.29 is 47.7 Å². The summed E-state index contributed by atoms with van der Waals surface area (Å²) >= 11 is 1.44. The molecule has 13 nitrogen and oxygen atoms in total. The molecule has 0 aliphatic rings. The van der Waals surface area contributed by atoms with Crippen molar-refractivity contribution in [2.75, 3.05) is 24.7 Å². The summed E-state index contributed by atoms with van der Waals surface area (Å²) < 4.78 is 22.4. The van der Waals surface area contributed by atoms with Crippen molar-refractivity contribution in [2.45, 2.75) is 342 Å². The maximum atomic E-state index is 12.9. The van der Waals surface area contributed by atoms with Gasteiger partial charge in [0.25, 0.3) is 0 Å². The summed E-state index contributed by atoms with van der Waals surface area (Å²) in [5.74, 6) is -1.20. The van der Waals surface area contributed by atoms with Gasteiger partial charge in [-0.2, -0.15) is 11.8 Å². The average molecular weight is 1110 g/mol. The minimum atomic E-state index is -0.918. The number of hydrogen-bond acceptors (Lipinski definition) is 12. The molecule has 0 bridgehead atoms. The van der Waals surface area contributed by atoms with E-state index in [1.807, 2.05) is 0 Å². The quantitative estimate of drug-likeness (QED) is 0.0297. The Morgan fingerprint density at radius 2 is 0.844 bits per heavy atom. The van der Waals surface area contributed by atoms with Crippen molar-refractivity contribution in [2.24, 2.45) is 5.73 Å². The van der Waals surface area contributed by atoms with Crippen molar-refractivity contribution in [3.05, 3.63) is 0 Å². The Labute approximate surface area is 475 Å². The molecule has 14 heteroatoms. The molecule has 452 valence electrons. The first-order valence-electron chi connectivity index (χ1n) is 31.6. The Bertz CT molecular complexity index is 1480. The monoisotopic (exact) mass is 1110 g/mol. The number of carbonyl (C=O) groups is 6. The zero-order valence-electron chi connectivity index (χ0n) is 50.9. The Hall–Kier alpha value is -2.87. The van der Waals surface area contributed by atoms with Gasteiger partial charge in [-0.15, -0.1) is 0 Å². The Kier molecular flexibility index (Phi) is 48.2. The number of ether oxygens (including phenoxy) is 4. The molecule has 2 amide bonds. The third-order valence-corrected chi connectivity index (χ3v) is 14.8. The molecule has 0 aromatic heterocycles. The molecule has 0 aliphatic heterocycles. The maximum absolute atomic E-state index is 12.9. The van der Waals surface area contributed by atoms with Gasteiger partial charge >= 0.3 is 23.9 Å². The van der Waals surface area contributed by atoms with E-state index >= 15 is 0 Å². The first-order chi connectivity index (χ1) is 36.9. The predicted octanol–water partition coefficient (Wildman–Crippen LogP) is 15.4. The second-order valence-electron chi connectivity index (χ2n) is 23.9. The highest BCUT2D eigenvalue weighted by molar-refractivity contribution is 7.99. The van der Waals surface area contributed by atoms with Crippen LogP contribution in [0.2, 0.25) is 0 Å². The molecule has 0 fully saturated rings. The van der Waals surface area contributed by atoms with Crippen molar-refractivity contribution in [3.8, 4) is 0 Å². The normalized spacial score (nSPS) is 12.9. The van der Waals surface area contributed by atoms with E-state index in [9.17, 15) is 28.8 Å². The van der Waals surface area contributed by atoms with E-state index in [-0.39, 0.29) is 43.2 Å². The van der Waals surface area contributed by atoms with Gasteiger partial charge < -0.3 is 35.3 Å². The molecule has 0 aromatic carbocycles. The number of esters is 4. The highest BCUT2D eigenvalue weighted by Gasteiger charge is 2.28. The summed E-state index contributed by atoms with van der Waals surface area (Å²) in [5, 5.41) is 5.75. The van der Waals surface area contributed by atoms with Crippen LogP contribution < -0.4 is 16.4 Å². The smallest absolute Gasteiger partial charge is 0.329 e. The third kappa shape index (κ3) is 52.3. The van der Waals surface area contributed by atoms with Crippen molar-refractivity contribution >= 4 is 47.5 Å². The van der Waals surface area contributed by atoms with E-state index in [1.165, 1.54) is 140 Å². The summed E-state index contributed by atoms with van der Waals surface area (Å²) in [4.78, 5) is 76.4. The van der Waals surface area contributed by atoms with E-state index in [1.54, 1.807) is 41.5 Å². The van der Waals surface area contributed by atoms with E-state index < -0.39 is 41.3 Å². The van der Waals surface area contributed by atoms with Crippen LogP contribution in [0.5, 0.6) is 0 Å². The summed E-state index contributed by atoms with van der Waals surface area (Å²) in [7, 11) is 0. The van der Waals surface area contributed by atoms with Gasteiger partial charge in [-0.3, -0.25) is 24.0 Å². The topological polar surface area (TPSA) is 189 Å². The highest BCUT2D eigenvalue weighted by Crippen LogP contribution is 2.19. The molecule has 77 heavy (non-hydrogen) atoms. The van der Waals surface area contributed by atoms with Gasteiger partial charge in [-0.05, 0) is 73.6 Å². The van der Waals surface area contributed by atoms with Crippen LogP contribution in [-0.4, -0.2) is 89.7 Å². The van der Waals surface area contributed by atoms with Gasteiger partial charge in [0.15, 0.2) is 0 Å². The zero-order valence-corrected chi connectivity index (χ0v) is 51.7.